The van der Waals surface area contributed by atoms with Crippen LogP contribution >= 0.6 is 0 Å². The van der Waals surface area contributed by atoms with E-state index in [4.69, 9.17) is 10.4 Å². The number of benzene rings is 1. The van der Waals surface area contributed by atoms with E-state index in [0.29, 0.717) is 11.1 Å². The molecular formula is C17H26N2O3. The lowest BCUT2D eigenvalue weighted by Gasteiger charge is -2.08. The average molecular weight is 306 g/mol. The van der Waals surface area contributed by atoms with Gasteiger partial charge in [0.05, 0.1) is 12.4 Å². The molecule has 0 atom stereocenters. The van der Waals surface area contributed by atoms with Crippen LogP contribution in [0.4, 0.5) is 0 Å². The van der Waals surface area contributed by atoms with Gasteiger partial charge in [0.25, 0.3) is 0 Å². The fourth-order valence-electron chi connectivity index (χ4n) is 2.50. The Hall–Kier alpha value is -2.04. The van der Waals surface area contributed by atoms with Crippen LogP contribution in [0.2, 0.25) is 0 Å². The molecule has 0 radical (unpaired) electrons. The predicted octanol–water partition coefficient (Wildman–Crippen LogP) is 4.30. The van der Waals surface area contributed by atoms with Crippen molar-refractivity contribution in [2.45, 2.75) is 58.3 Å². The van der Waals surface area contributed by atoms with Crippen molar-refractivity contribution >= 4 is 12.4 Å². The van der Waals surface area contributed by atoms with Crippen LogP contribution in [0, 0.1) is 0 Å². The molecule has 5 heteroatoms. The number of unbranched alkanes of at least 4 members (excludes halogenated alkanes) is 6. The molecule has 0 aliphatic carbocycles. The Balaban J connectivity index is 2.59. The number of hydrogen-bond acceptors (Lipinski definition) is 5. The quantitative estimate of drug-likeness (QED) is 0.261. The van der Waals surface area contributed by atoms with Crippen molar-refractivity contribution in [3.05, 3.63) is 28.8 Å². The lowest BCUT2D eigenvalue weighted by atomic mass is 9.99. The third-order valence-electron chi connectivity index (χ3n) is 3.69. The zero-order valence-electron chi connectivity index (χ0n) is 13.2. The lowest BCUT2D eigenvalue weighted by molar-refractivity contribution is 0.321. The van der Waals surface area contributed by atoms with Crippen LogP contribution < -0.4 is 0 Å². The van der Waals surface area contributed by atoms with Gasteiger partial charge in [0, 0.05) is 11.1 Å². The maximum atomic E-state index is 9.96. The number of aryl methyl sites for hydroxylation is 1. The van der Waals surface area contributed by atoms with Gasteiger partial charge in [-0.2, -0.15) is 0 Å². The molecule has 0 fully saturated rings. The van der Waals surface area contributed by atoms with Crippen molar-refractivity contribution in [2.75, 3.05) is 0 Å². The van der Waals surface area contributed by atoms with Gasteiger partial charge in [0.15, 0.2) is 0 Å². The second-order valence-electron chi connectivity index (χ2n) is 5.48. The van der Waals surface area contributed by atoms with E-state index in [0.717, 1.165) is 18.4 Å². The topological polar surface area (TPSA) is 85.4 Å². The predicted molar refractivity (Wildman–Crippen MR) is 88.6 cm³/mol. The number of rotatable bonds is 10. The second kappa shape index (κ2) is 10.7. The van der Waals surface area contributed by atoms with E-state index in [1.807, 2.05) is 0 Å². The largest absolute Gasteiger partial charge is 0.507 e. The van der Waals surface area contributed by atoms with E-state index in [1.54, 1.807) is 12.1 Å². The molecule has 0 saturated carbocycles. The molecule has 5 nitrogen and oxygen atoms in total. The Kier molecular flexibility index (Phi) is 8.72. The Labute approximate surface area is 132 Å². The van der Waals surface area contributed by atoms with Gasteiger partial charge >= 0.3 is 0 Å². The standard InChI is InChI=1S/C17H26N2O3/c1-2-3-4-5-6-7-8-9-14-10-15(12-18-21)17(20)16(11-14)13-19-22/h10-13,20-22H,2-9H2,1H3/b18-12+,19-13?. The van der Waals surface area contributed by atoms with E-state index < -0.39 is 0 Å². The highest BCUT2D eigenvalue weighted by Crippen LogP contribution is 2.23. The number of hydrogen-bond donors (Lipinski definition) is 3. The van der Waals surface area contributed by atoms with Crippen molar-refractivity contribution in [1.29, 1.82) is 0 Å². The summed E-state index contributed by atoms with van der Waals surface area (Å²) in [5, 5.41) is 33.2. The molecule has 1 rings (SSSR count). The number of aromatic hydroxyl groups is 1. The van der Waals surface area contributed by atoms with Gasteiger partial charge in [0.2, 0.25) is 0 Å². The second-order valence-corrected chi connectivity index (χ2v) is 5.48. The first-order chi connectivity index (χ1) is 10.7. The van der Waals surface area contributed by atoms with Crippen LogP contribution in [0.3, 0.4) is 0 Å². The van der Waals surface area contributed by atoms with Gasteiger partial charge in [-0.15, -0.1) is 0 Å². The number of phenolic OH excluding ortho intramolecular Hbond substituents is 1. The summed E-state index contributed by atoms with van der Waals surface area (Å²) in [5.74, 6) is -0.0566. The number of oxime groups is 2. The minimum Gasteiger partial charge on any atom is -0.507 e. The highest BCUT2D eigenvalue weighted by molar-refractivity contribution is 5.91. The average Bonchev–Trinajstić information content (AvgIpc) is 2.51. The third kappa shape index (κ3) is 6.16. The summed E-state index contributed by atoms with van der Waals surface area (Å²) >= 11 is 0. The van der Waals surface area contributed by atoms with Gasteiger partial charge in [-0.05, 0) is 30.5 Å². The first-order valence-electron chi connectivity index (χ1n) is 7.93. The summed E-state index contributed by atoms with van der Waals surface area (Å²) in [7, 11) is 0. The highest BCUT2D eigenvalue weighted by Gasteiger charge is 2.08. The van der Waals surface area contributed by atoms with Crippen molar-refractivity contribution in [2.24, 2.45) is 10.3 Å². The summed E-state index contributed by atoms with van der Waals surface area (Å²) in [6.45, 7) is 2.21. The molecule has 0 aliphatic heterocycles. The lowest BCUT2D eigenvalue weighted by Crippen LogP contribution is -1.95. The van der Waals surface area contributed by atoms with Crippen LogP contribution in [0.15, 0.2) is 22.4 Å². The van der Waals surface area contributed by atoms with Crippen LogP contribution in [-0.2, 0) is 6.42 Å². The molecule has 0 spiro atoms. The highest BCUT2D eigenvalue weighted by atomic mass is 16.4. The zero-order valence-corrected chi connectivity index (χ0v) is 13.2. The fourth-order valence-corrected chi connectivity index (χ4v) is 2.50. The minimum absolute atomic E-state index is 0.0566. The molecule has 0 saturated heterocycles. The Morgan fingerprint density at radius 2 is 1.36 bits per heavy atom. The molecule has 122 valence electrons. The van der Waals surface area contributed by atoms with E-state index in [9.17, 15) is 5.11 Å². The molecule has 0 bridgehead atoms. The molecule has 0 unspecified atom stereocenters. The molecule has 0 aromatic heterocycles. The summed E-state index contributed by atoms with van der Waals surface area (Å²) in [5.41, 5.74) is 1.85. The van der Waals surface area contributed by atoms with Crippen molar-refractivity contribution in [1.82, 2.24) is 0 Å². The molecule has 22 heavy (non-hydrogen) atoms. The monoisotopic (exact) mass is 306 g/mol. The molecule has 1 aromatic carbocycles. The van der Waals surface area contributed by atoms with Gasteiger partial charge < -0.3 is 15.5 Å². The van der Waals surface area contributed by atoms with E-state index in [2.05, 4.69) is 17.2 Å². The van der Waals surface area contributed by atoms with Gasteiger partial charge in [-0.1, -0.05) is 55.8 Å². The Morgan fingerprint density at radius 1 is 0.864 bits per heavy atom. The molecular weight excluding hydrogens is 280 g/mol. The van der Waals surface area contributed by atoms with Crippen LogP contribution in [0.1, 0.15) is 68.6 Å². The van der Waals surface area contributed by atoms with E-state index in [1.165, 1.54) is 51.0 Å². The minimum atomic E-state index is -0.0566. The van der Waals surface area contributed by atoms with Crippen LogP contribution in [-0.4, -0.2) is 28.0 Å². The van der Waals surface area contributed by atoms with Crippen LogP contribution in [0.5, 0.6) is 5.75 Å². The Morgan fingerprint density at radius 3 is 1.86 bits per heavy atom. The van der Waals surface area contributed by atoms with Gasteiger partial charge in [-0.3, -0.25) is 0 Å². The third-order valence-corrected chi connectivity index (χ3v) is 3.69. The fraction of sp³-hybridized carbons (Fsp3) is 0.529. The number of nitrogens with zero attached hydrogens (tertiary/aromatic N) is 2. The summed E-state index contributed by atoms with van der Waals surface area (Å²) < 4.78 is 0. The first kappa shape index (κ1) is 18.0. The molecule has 0 heterocycles. The molecule has 0 amide bonds. The summed E-state index contributed by atoms with van der Waals surface area (Å²) in [6.07, 6.45) is 11.9. The SMILES string of the molecule is CCCCCCCCCc1cc(C=NO)c(O)c(/C=N/O)c1. The maximum Gasteiger partial charge on any atom is 0.133 e. The molecule has 1 aromatic rings. The number of phenols is 1. The zero-order chi connectivity index (χ0) is 16.2. The van der Waals surface area contributed by atoms with Gasteiger partial charge in [0.1, 0.15) is 5.75 Å². The molecule has 3 N–H and O–H groups in total. The first-order valence-corrected chi connectivity index (χ1v) is 7.93. The smallest absolute Gasteiger partial charge is 0.133 e. The van der Waals surface area contributed by atoms with Crippen molar-refractivity contribution in [3.8, 4) is 5.75 Å². The normalized spacial score (nSPS) is 11.7. The maximum absolute atomic E-state index is 9.96. The Bertz CT molecular complexity index is 466. The summed E-state index contributed by atoms with van der Waals surface area (Å²) in [4.78, 5) is 0. The van der Waals surface area contributed by atoms with E-state index >= 15 is 0 Å². The summed E-state index contributed by atoms with van der Waals surface area (Å²) in [6, 6.07) is 3.59. The van der Waals surface area contributed by atoms with Crippen molar-refractivity contribution < 1.29 is 15.5 Å². The van der Waals surface area contributed by atoms with E-state index in [-0.39, 0.29) is 5.75 Å². The van der Waals surface area contributed by atoms with Crippen LogP contribution in [0.25, 0.3) is 0 Å². The van der Waals surface area contributed by atoms with Gasteiger partial charge in [-0.25, -0.2) is 0 Å². The van der Waals surface area contributed by atoms with Crippen molar-refractivity contribution in [3.63, 3.8) is 0 Å². The molecule has 0 aliphatic rings.